The fourth-order valence-corrected chi connectivity index (χ4v) is 5.48. The number of nitrogens with one attached hydrogen (secondary N) is 1. The van der Waals surface area contributed by atoms with Gasteiger partial charge in [0.15, 0.2) is 9.84 Å². The molecule has 0 spiro atoms. The fraction of sp³-hybridized carbons (Fsp3) is 0.182. The van der Waals surface area contributed by atoms with Crippen LogP contribution in [0.2, 0.25) is 10.0 Å². The van der Waals surface area contributed by atoms with Crippen LogP contribution in [0.5, 0.6) is 0 Å². The average Bonchev–Trinajstić information content (AvgIpc) is 2.75. The van der Waals surface area contributed by atoms with Gasteiger partial charge in [0.1, 0.15) is 11.1 Å². The lowest BCUT2D eigenvalue weighted by Crippen LogP contribution is -2.35. The molecule has 0 fully saturated rings. The maximum absolute atomic E-state index is 14.7. The summed E-state index contributed by atoms with van der Waals surface area (Å²) in [5, 5.41) is 1.68. The maximum Gasteiger partial charge on any atom is 0.224 e. The van der Waals surface area contributed by atoms with E-state index in [0.717, 1.165) is 6.07 Å². The van der Waals surface area contributed by atoms with Gasteiger partial charge in [-0.05, 0) is 54.6 Å². The molecular formula is C22H19Cl2FN2O3S. The lowest BCUT2D eigenvalue weighted by Gasteiger charge is -2.25. The Morgan fingerprint density at radius 1 is 1.06 bits per heavy atom. The van der Waals surface area contributed by atoms with E-state index in [4.69, 9.17) is 23.2 Å². The molecule has 162 valence electrons. The summed E-state index contributed by atoms with van der Waals surface area (Å²) in [4.78, 5) is 16.9. The molecule has 2 unspecified atom stereocenters. The van der Waals surface area contributed by atoms with E-state index in [1.807, 2.05) is 0 Å². The van der Waals surface area contributed by atoms with Crippen molar-refractivity contribution in [2.75, 3.05) is 0 Å². The smallest absolute Gasteiger partial charge is 0.224 e. The molecule has 3 rings (SSSR count). The van der Waals surface area contributed by atoms with Crippen LogP contribution >= 0.6 is 23.2 Å². The number of nitrogens with zero attached hydrogens (tertiary/aromatic N) is 1. The van der Waals surface area contributed by atoms with Gasteiger partial charge in [-0.2, -0.15) is 0 Å². The number of carbonyl (C=O) groups excluding carboxylic acids is 1. The monoisotopic (exact) mass is 480 g/mol. The van der Waals surface area contributed by atoms with Gasteiger partial charge in [-0.1, -0.05) is 36.2 Å². The van der Waals surface area contributed by atoms with Crippen LogP contribution in [0.15, 0.2) is 71.8 Å². The third kappa shape index (κ3) is 5.42. The zero-order valence-electron chi connectivity index (χ0n) is 16.4. The zero-order valence-corrected chi connectivity index (χ0v) is 18.8. The molecule has 0 aliphatic heterocycles. The van der Waals surface area contributed by atoms with Crippen molar-refractivity contribution in [1.82, 2.24) is 10.3 Å². The summed E-state index contributed by atoms with van der Waals surface area (Å²) in [5.74, 6) is -2.46. The van der Waals surface area contributed by atoms with E-state index in [1.165, 1.54) is 43.3 Å². The van der Waals surface area contributed by atoms with Crippen LogP contribution in [0.1, 0.15) is 23.4 Å². The SMILES string of the molecule is CC(C(=O)NCc1ccccn1)C(c1cc(Cl)ccc1F)S(=O)(=O)c1ccc(Cl)cc1. The van der Waals surface area contributed by atoms with Crippen molar-refractivity contribution in [3.8, 4) is 0 Å². The van der Waals surface area contributed by atoms with Crippen molar-refractivity contribution in [2.45, 2.75) is 23.6 Å². The van der Waals surface area contributed by atoms with E-state index < -0.39 is 32.7 Å². The van der Waals surface area contributed by atoms with Crippen molar-refractivity contribution >= 4 is 38.9 Å². The predicted molar refractivity (Wildman–Crippen MR) is 118 cm³/mol. The molecule has 0 bridgehead atoms. The molecule has 31 heavy (non-hydrogen) atoms. The lowest BCUT2D eigenvalue weighted by atomic mass is 9.99. The maximum atomic E-state index is 14.7. The van der Waals surface area contributed by atoms with Crippen LogP contribution < -0.4 is 5.32 Å². The second-order valence-corrected chi connectivity index (χ2v) is 9.86. The van der Waals surface area contributed by atoms with Gasteiger partial charge in [-0.15, -0.1) is 0 Å². The number of carbonyl (C=O) groups is 1. The number of benzene rings is 2. The molecule has 0 aliphatic carbocycles. The Morgan fingerprint density at radius 3 is 2.39 bits per heavy atom. The van der Waals surface area contributed by atoms with Crippen LogP contribution in [0.4, 0.5) is 4.39 Å². The van der Waals surface area contributed by atoms with Crippen LogP contribution in [0.25, 0.3) is 0 Å². The molecule has 0 aliphatic rings. The highest BCUT2D eigenvalue weighted by Gasteiger charge is 2.39. The van der Waals surface area contributed by atoms with Crippen molar-refractivity contribution in [3.05, 3.63) is 94.0 Å². The number of halogens is 3. The molecule has 1 amide bonds. The molecule has 5 nitrogen and oxygen atoms in total. The first-order chi connectivity index (χ1) is 14.7. The first-order valence-electron chi connectivity index (χ1n) is 9.32. The van der Waals surface area contributed by atoms with Crippen molar-refractivity contribution in [3.63, 3.8) is 0 Å². The normalized spacial score (nSPS) is 13.4. The number of hydrogen-bond acceptors (Lipinski definition) is 4. The van der Waals surface area contributed by atoms with E-state index in [-0.39, 0.29) is 22.0 Å². The number of aromatic nitrogens is 1. The number of pyridine rings is 1. The molecular weight excluding hydrogens is 462 g/mol. The molecule has 3 aromatic rings. The molecule has 9 heteroatoms. The summed E-state index contributed by atoms with van der Waals surface area (Å²) in [7, 11) is -4.17. The molecule has 0 saturated carbocycles. The average molecular weight is 481 g/mol. The standard InChI is InChI=1S/C22H19Cl2FN2O3S/c1-14(22(28)27-13-17-4-2-3-11-26-17)21(19-12-16(24)7-10-20(19)25)31(29,30)18-8-5-15(23)6-9-18/h2-12,14,21H,13H2,1H3,(H,27,28). The second kappa shape index (κ2) is 9.77. The molecule has 1 heterocycles. The first kappa shape index (κ1) is 23.2. The minimum Gasteiger partial charge on any atom is -0.350 e. The van der Waals surface area contributed by atoms with Crippen LogP contribution in [0.3, 0.4) is 0 Å². The van der Waals surface area contributed by atoms with Gasteiger partial charge in [0.05, 0.1) is 23.1 Å². The second-order valence-electron chi connectivity index (χ2n) is 6.91. The number of hydrogen-bond donors (Lipinski definition) is 1. The van der Waals surface area contributed by atoms with Gasteiger partial charge in [0, 0.05) is 21.8 Å². The van der Waals surface area contributed by atoms with Gasteiger partial charge >= 0.3 is 0 Å². The van der Waals surface area contributed by atoms with Crippen molar-refractivity contribution in [2.24, 2.45) is 5.92 Å². The Labute approximate surface area is 190 Å². The predicted octanol–water partition coefficient (Wildman–Crippen LogP) is 5.00. The summed E-state index contributed by atoms with van der Waals surface area (Å²) in [6.07, 6.45) is 1.58. The van der Waals surface area contributed by atoms with Crippen LogP contribution in [0, 0.1) is 11.7 Å². The Balaban J connectivity index is 2.00. The van der Waals surface area contributed by atoms with E-state index in [1.54, 1.807) is 24.4 Å². The third-order valence-corrected chi connectivity index (χ3v) is 7.53. The Morgan fingerprint density at radius 2 is 1.74 bits per heavy atom. The largest absolute Gasteiger partial charge is 0.350 e. The van der Waals surface area contributed by atoms with Gasteiger partial charge in [-0.3, -0.25) is 9.78 Å². The number of sulfone groups is 1. The summed E-state index contributed by atoms with van der Waals surface area (Å²) in [5.41, 5.74) is 0.428. The molecule has 0 saturated heterocycles. The highest BCUT2D eigenvalue weighted by molar-refractivity contribution is 7.91. The highest BCUT2D eigenvalue weighted by Crippen LogP contribution is 2.38. The molecule has 2 atom stereocenters. The van der Waals surface area contributed by atoms with Gasteiger partial charge in [-0.25, -0.2) is 12.8 Å². The van der Waals surface area contributed by atoms with Gasteiger partial charge in [0.2, 0.25) is 5.91 Å². The molecule has 1 N–H and O–H groups in total. The third-order valence-electron chi connectivity index (χ3n) is 4.78. The minimum absolute atomic E-state index is 0.0781. The molecule has 0 radical (unpaired) electrons. The van der Waals surface area contributed by atoms with Crippen molar-refractivity contribution < 1.29 is 17.6 Å². The topological polar surface area (TPSA) is 76.1 Å². The van der Waals surface area contributed by atoms with Gasteiger partial charge < -0.3 is 5.32 Å². The molecule has 2 aromatic carbocycles. The van der Waals surface area contributed by atoms with Crippen molar-refractivity contribution in [1.29, 1.82) is 0 Å². The quantitative estimate of drug-likeness (QED) is 0.516. The summed E-state index contributed by atoms with van der Waals surface area (Å²) < 4.78 is 41.7. The summed E-state index contributed by atoms with van der Waals surface area (Å²) in [6.45, 7) is 1.54. The van der Waals surface area contributed by atoms with Crippen LogP contribution in [-0.2, 0) is 21.2 Å². The zero-order chi connectivity index (χ0) is 22.6. The van der Waals surface area contributed by atoms with E-state index in [9.17, 15) is 17.6 Å². The highest BCUT2D eigenvalue weighted by atomic mass is 35.5. The van der Waals surface area contributed by atoms with E-state index >= 15 is 0 Å². The fourth-order valence-electron chi connectivity index (χ4n) is 3.19. The molecule has 1 aromatic heterocycles. The van der Waals surface area contributed by atoms with E-state index in [0.29, 0.717) is 10.7 Å². The Kier molecular flexibility index (Phi) is 7.30. The van der Waals surface area contributed by atoms with Gasteiger partial charge in [0.25, 0.3) is 0 Å². The lowest BCUT2D eigenvalue weighted by molar-refractivity contribution is -0.124. The minimum atomic E-state index is -4.17. The summed E-state index contributed by atoms with van der Waals surface area (Å²) >= 11 is 11.9. The number of amides is 1. The van der Waals surface area contributed by atoms with Crippen LogP contribution in [-0.4, -0.2) is 19.3 Å². The Bertz CT molecular complexity index is 1170. The van der Waals surface area contributed by atoms with E-state index in [2.05, 4.69) is 10.3 Å². The Hall–Kier alpha value is -2.48. The first-order valence-corrected chi connectivity index (χ1v) is 11.6. The number of rotatable bonds is 7. The summed E-state index contributed by atoms with van der Waals surface area (Å²) in [6, 6.07) is 14.4.